The number of likely N-dealkylation sites (N-methyl/N-ethyl adjacent to an activating group) is 1. The third kappa shape index (κ3) is 4.06. The summed E-state index contributed by atoms with van der Waals surface area (Å²) in [5, 5.41) is 7.21. The summed E-state index contributed by atoms with van der Waals surface area (Å²) in [7, 11) is 1.94. The maximum atomic E-state index is 12.7. The third-order valence-electron chi connectivity index (χ3n) is 5.40. The number of aryl methyl sites for hydroxylation is 3. The van der Waals surface area contributed by atoms with Gasteiger partial charge < -0.3 is 9.80 Å². The number of rotatable bonds is 5. The van der Waals surface area contributed by atoms with Crippen LogP contribution in [0.15, 0.2) is 18.2 Å². The summed E-state index contributed by atoms with van der Waals surface area (Å²) in [6, 6.07) is 6.36. The molecule has 1 aliphatic heterocycles. The number of carbonyl (C=O) groups excluding carboxylic acids is 1. The second-order valence-electron chi connectivity index (χ2n) is 7.30. The van der Waals surface area contributed by atoms with E-state index >= 15 is 0 Å². The lowest BCUT2D eigenvalue weighted by molar-refractivity contribution is -0.132. The van der Waals surface area contributed by atoms with Crippen molar-refractivity contribution in [3.8, 4) is 0 Å². The highest BCUT2D eigenvalue weighted by Gasteiger charge is 2.26. The fourth-order valence-electron chi connectivity index (χ4n) is 3.74. The van der Waals surface area contributed by atoms with E-state index < -0.39 is 0 Å². The normalized spacial score (nSPS) is 17.4. The van der Waals surface area contributed by atoms with Gasteiger partial charge in [-0.25, -0.2) is 4.98 Å². The van der Waals surface area contributed by atoms with Crippen LogP contribution in [0.25, 0.3) is 0 Å². The van der Waals surface area contributed by atoms with Gasteiger partial charge in [-0.15, -0.1) is 0 Å². The molecule has 0 saturated carbocycles. The molecule has 1 N–H and O–H groups in total. The van der Waals surface area contributed by atoms with Crippen molar-refractivity contribution in [3.05, 3.63) is 40.8 Å². The van der Waals surface area contributed by atoms with Gasteiger partial charge >= 0.3 is 0 Å². The van der Waals surface area contributed by atoms with Crippen LogP contribution in [0.4, 0.5) is 5.82 Å². The number of pyridine rings is 1. The van der Waals surface area contributed by atoms with E-state index in [9.17, 15) is 4.79 Å². The molecule has 1 unspecified atom stereocenters. The number of aromatic amines is 1. The largest absolute Gasteiger partial charge is 0.355 e. The Labute approximate surface area is 155 Å². The first kappa shape index (κ1) is 18.4. The lowest BCUT2D eigenvalue weighted by atomic mass is 10.0. The standard InChI is InChI=1S/C20H29N5O/c1-14-7-5-9-19(21-14)25-12-6-8-17(13-25)24(4)20(26)11-10-18-15(2)22-23-16(18)3/h5,7,9,17H,6,8,10-13H2,1-4H3,(H,22,23). The van der Waals surface area contributed by atoms with Crippen LogP contribution in [0.5, 0.6) is 0 Å². The minimum Gasteiger partial charge on any atom is -0.355 e. The van der Waals surface area contributed by atoms with Crippen LogP contribution < -0.4 is 4.90 Å². The molecule has 2 aromatic rings. The number of hydrogen-bond acceptors (Lipinski definition) is 4. The van der Waals surface area contributed by atoms with E-state index in [0.717, 1.165) is 55.3 Å². The second kappa shape index (κ2) is 7.89. The molecule has 0 aromatic carbocycles. The van der Waals surface area contributed by atoms with Crippen LogP contribution in [-0.4, -0.2) is 52.2 Å². The number of H-pyrrole nitrogens is 1. The molecular formula is C20H29N5O. The SMILES string of the molecule is Cc1cccc(N2CCCC(N(C)C(=O)CCc3c(C)n[nH]c3C)C2)n1. The summed E-state index contributed by atoms with van der Waals surface area (Å²) < 4.78 is 0. The second-order valence-corrected chi connectivity index (χ2v) is 7.30. The van der Waals surface area contributed by atoms with Crippen molar-refractivity contribution in [2.24, 2.45) is 0 Å². The number of amides is 1. The van der Waals surface area contributed by atoms with Gasteiger partial charge in [-0.05, 0) is 57.7 Å². The van der Waals surface area contributed by atoms with Crippen molar-refractivity contribution in [2.75, 3.05) is 25.0 Å². The Hall–Kier alpha value is -2.37. The summed E-state index contributed by atoms with van der Waals surface area (Å²) in [6.45, 7) is 7.86. The average Bonchev–Trinajstić information content (AvgIpc) is 2.97. The topological polar surface area (TPSA) is 65.1 Å². The number of hydrogen-bond donors (Lipinski definition) is 1. The number of carbonyl (C=O) groups is 1. The molecular weight excluding hydrogens is 326 g/mol. The van der Waals surface area contributed by atoms with Gasteiger partial charge in [0.2, 0.25) is 5.91 Å². The van der Waals surface area contributed by atoms with Gasteiger partial charge in [0.05, 0.1) is 5.69 Å². The molecule has 0 aliphatic carbocycles. The fourth-order valence-corrected chi connectivity index (χ4v) is 3.74. The molecule has 2 aromatic heterocycles. The van der Waals surface area contributed by atoms with E-state index in [1.54, 1.807) is 0 Å². The van der Waals surface area contributed by atoms with Crippen LogP contribution in [0, 0.1) is 20.8 Å². The molecule has 6 heteroatoms. The maximum Gasteiger partial charge on any atom is 0.222 e. The smallest absolute Gasteiger partial charge is 0.222 e. The summed E-state index contributed by atoms with van der Waals surface area (Å²) in [4.78, 5) is 21.6. The highest BCUT2D eigenvalue weighted by atomic mass is 16.2. The van der Waals surface area contributed by atoms with E-state index in [0.29, 0.717) is 6.42 Å². The molecule has 3 heterocycles. The number of nitrogens with zero attached hydrogens (tertiary/aromatic N) is 4. The van der Waals surface area contributed by atoms with E-state index in [1.807, 2.05) is 44.9 Å². The van der Waals surface area contributed by atoms with Crippen LogP contribution >= 0.6 is 0 Å². The van der Waals surface area contributed by atoms with Crippen LogP contribution in [-0.2, 0) is 11.2 Å². The van der Waals surface area contributed by atoms with Gasteiger partial charge in [0.25, 0.3) is 0 Å². The van der Waals surface area contributed by atoms with Crippen LogP contribution in [0.3, 0.4) is 0 Å². The van der Waals surface area contributed by atoms with Gasteiger partial charge in [-0.3, -0.25) is 9.89 Å². The number of aromatic nitrogens is 3. The van der Waals surface area contributed by atoms with E-state index in [-0.39, 0.29) is 11.9 Å². The quantitative estimate of drug-likeness (QED) is 0.896. The molecule has 0 spiro atoms. The molecule has 0 radical (unpaired) electrons. The monoisotopic (exact) mass is 355 g/mol. The Kier molecular flexibility index (Phi) is 5.59. The number of piperidine rings is 1. The van der Waals surface area contributed by atoms with Gasteiger partial charge in [-0.2, -0.15) is 5.10 Å². The van der Waals surface area contributed by atoms with Gasteiger partial charge in [0.15, 0.2) is 0 Å². The minimum absolute atomic E-state index is 0.203. The van der Waals surface area contributed by atoms with Gasteiger partial charge in [0.1, 0.15) is 5.82 Å². The van der Waals surface area contributed by atoms with Crippen molar-refractivity contribution in [2.45, 2.75) is 52.5 Å². The molecule has 1 atom stereocenters. The number of anilines is 1. The van der Waals surface area contributed by atoms with Crippen LogP contribution in [0.2, 0.25) is 0 Å². The van der Waals surface area contributed by atoms with Crippen molar-refractivity contribution in [1.29, 1.82) is 0 Å². The van der Waals surface area contributed by atoms with Crippen molar-refractivity contribution in [1.82, 2.24) is 20.1 Å². The summed E-state index contributed by atoms with van der Waals surface area (Å²) in [5.74, 6) is 1.22. The Morgan fingerprint density at radius 1 is 1.35 bits per heavy atom. The molecule has 140 valence electrons. The summed E-state index contributed by atoms with van der Waals surface area (Å²) in [6.07, 6.45) is 3.40. The Balaban J connectivity index is 1.59. The van der Waals surface area contributed by atoms with Crippen LogP contribution in [0.1, 0.15) is 41.9 Å². The first-order valence-corrected chi connectivity index (χ1v) is 9.40. The summed E-state index contributed by atoms with van der Waals surface area (Å²) in [5.41, 5.74) is 4.25. The lowest BCUT2D eigenvalue weighted by Crippen LogP contribution is -2.49. The molecule has 26 heavy (non-hydrogen) atoms. The molecule has 1 aliphatic rings. The Morgan fingerprint density at radius 2 is 2.15 bits per heavy atom. The first-order chi connectivity index (χ1) is 12.5. The van der Waals surface area contributed by atoms with Gasteiger partial charge in [0, 0.05) is 44.0 Å². The maximum absolute atomic E-state index is 12.7. The molecule has 1 amide bonds. The molecule has 3 rings (SSSR count). The highest BCUT2D eigenvalue weighted by molar-refractivity contribution is 5.76. The molecule has 0 bridgehead atoms. The van der Waals surface area contributed by atoms with Crippen molar-refractivity contribution in [3.63, 3.8) is 0 Å². The first-order valence-electron chi connectivity index (χ1n) is 9.40. The van der Waals surface area contributed by atoms with E-state index in [1.165, 1.54) is 5.56 Å². The highest BCUT2D eigenvalue weighted by Crippen LogP contribution is 2.21. The fraction of sp³-hybridized carbons (Fsp3) is 0.550. The zero-order valence-electron chi connectivity index (χ0n) is 16.2. The van der Waals surface area contributed by atoms with Crippen molar-refractivity contribution >= 4 is 11.7 Å². The third-order valence-corrected chi connectivity index (χ3v) is 5.40. The zero-order valence-corrected chi connectivity index (χ0v) is 16.2. The number of nitrogens with one attached hydrogen (secondary N) is 1. The molecule has 1 saturated heterocycles. The average molecular weight is 355 g/mol. The van der Waals surface area contributed by atoms with Crippen molar-refractivity contribution < 1.29 is 4.79 Å². The molecule has 1 fully saturated rings. The predicted octanol–water partition coefficient (Wildman–Crippen LogP) is 2.79. The van der Waals surface area contributed by atoms with Gasteiger partial charge in [-0.1, -0.05) is 6.07 Å². The zero-order chi connectivity index (χ0) is 18.7. The van der Waals surface area contributed by atoms with E-state index in [2.05, 4.69) is 26.1 Å². The predicted molar refractivity (Wildman–Crippen MR) is 103 cm³/mol. The lowest BCUT2D eigenvalue weighted by Gasteiger charge is -2.38. The summed E-state index contributed by atoms with van der Waals surface area (Å²) >= 11 is 0. The van der Waals surface area contributed by atoms with E-state index in [4.69, 9.17) is 0 Å². The Morgan fingerprint density at radius 3 is 2.85 bits per heavy atom. The minimum atomic E-state index is 0.203. The molecule has 6 nitrogen and oxygen atoms in total. The Bertz CT molecular complexity index is 750.